The number of morpholine rings is 1. The molecule has 0 aromatic carbocycles. The summed E-state index contributed by atoms with van der Waals surface area (Å²) in [5.41, 5.74) is 0.952. The lowest BCUT2D eigenvalue weighted by molar-refractivity contribution is -0.0885. The Morgan fingerprint density at radius 3 is 2.84 bits per heavy atom. The number of hydrogen-bond acceptors (Lipinski definition) is 5. The summed E-state index contributed by atoms with van der Waals surface area (Å²) in [6.07, 6.45) is 4.77. The first-order chi connectivity index (χ1) is 9.09. The van der Waals surface area contributed by atoms with Gasteiger partial charge in [0, 0.05) is 26.2 Å². The van der Waals surface area contributed by atoms with E-state index in [4.69, 9.17) is 4.74 Å². The molecule has 1 N–H and O–H groups in total. The molecule has 1 fully saturated rings. The van der Waals surface area contributed by atoms with Crippen molar-refractivity contribution in [3.63, 3.8) is 0 Å². The van der Waals surface area contributed by atoms with Crippen LogP contribution in [0.1, 0.15) is 32.9 Å². The normalized spacial score (nSPS) is 19.3. The molecule has 2 rings (SSSR count). The van der Waals surface area contributed by atoms with Crippen LogP contribution in [0.3, 0.4) is 0 Å². The van der Waals surface area contributed by atoms with Crippen LogP contribution in [-0.4, -0.2) is 46.7 Å². The maximum absolute atomic E-state index is 5.71. The summed E-state index contributed by atoms with van der Waals surface area (Å²) >= 11 is 0. The summed E-state index contributed by atoms with van der Waals surface area (Å²) < 4.78 is 5.71. The van der Waals surface area contributed by atoms with Gasteiger partial charge >= 0.3 is 0 Å². The minimum Gasteiger partial charge on any atom is -0.373 e. The van der Waals surface area contributed by atoms with Gasteiger partial charge in [-0.2, -0.15) is 0 Å². The van der Waals surface area contributed by atoms with Crippen LogP contribution >= 0.6 is 0 Å². The van der Waals surface area contributed by atoms with Crippen LogP contribution in [0.25, 0.3) is 0 Å². The van der Waals surface area contributed by atoms with Gasteiger partial charge in [-0.25, -0.2) is 4.98 Å². The molecule has 0 spiro atoms. The number of ether oxygens (including phenoxy) is 1. The molecular formula is C14H24N4O. The summed E-state index contributed by atoms with van der Waals surface area (Å²) in [6.45, 7) is 10.8. The molecule has 106 valence electrons. The van der Waals surface area contributed by atoms with Crippen LogP contribution in [-0.2, 0) is 11.3 Å². The second-order valence-corrected chi connectivity index (χ2v) is 5.64. The van der Waals surface area contributed by atoms with E-state index in [2.05, 4.69) is 41.0 Å². The Balaban J connectivity index is 1.88. The fourth-order valence-electron chi connectivity index (χ4n) is 2.26. The van der Waals surface area contributed by atoms with Crippen molar-refractivity contribution in [3.8, 4) is 0 Å². The molecule has 5 nitrogen and oxygen atoms in total. The lowest BCUT2D eigenvalue weighted by Gasteiger charge is -2.37. The van der Waals surface area contributed by atoms with Gasteiger partial charge < -0.3 is 10.1 Å². The fourth-order valence-corrected chi connectivity index (χ4v) is 2.26. The number of aromatic nitrogens is 2. The number of hydrogen-bond donors (Lipinski definition) is 1. The first-order valence-corrected chi connectivity index (χ1v) is 7.00. The van der Waals surface area contributed by atoms with Gasteiger partial charge in [-0.1, -0.05) is 6.92 Å². The van der Waals surface area contributed by atoms with E-state index >= 15 is 0 Å². The van der Waals surface area contributed by atoms with E-state index < -0.39 is 0 Å². The number of anilines is 1. The smallest absolute Gasteiger partial charge is 0.144 e. The van der Waals surface area contributed by atoms with Crippen molar-refractivity contribution in [2.45, 2.75) is 39.3 Å². The molecule has 1 saturated heterocycles. The third-order valence-corrected chi connectivity index (χ3v) is 3.15. The van der Waals surface area contributed by atoms with Gasteiger partial charge in [0.1, 0.15) is 5.82 Å². The van der Waals surface area contributed by atoms with Crippen LogP contribution in [0, 0.1) is 0 Å². The molecule has 0 radical (unpaired) electrons. The van der Waals surface area contributed by atoms with Crippen molar-refractivity contribution < 1.29 is 4.74 Å². The molecule has 0 unspecified atom stereocenters. The maximum atomic E-state index is 5.71. The lowest BCUT2D eigenvalue weighted by atomic mass is 10.1. The van der Waals surface area contributed by atoms with E-state index in [-0.39, 0.29) is 5.60 Å². The highest BCUT2D eigenvalue weighted by molar-refractivity contribution is 5.30. The molecule has 0 amide bonds. The van der Waals surface area contributed by atoms with Crippen molar-refractivity contribution in [1.29, 1.82) is 0 Å². The summed E-state index contributed by atoms with van der Waals surface area (Å²) in [7, 11) is 0. The average molecular weight is 264 g/mol. The van der Waals surface area contributed by atoms with Crippen LogP contribution < -0.4 is 5.32 Å². The van der Waals surface area contributed by atoms with Gasteiger partial charge in [-0.05, 0) is 20.3 Å². The molecule has 0 saturated carbocycles. The van der Waals surface area contributed by atoms with Crippen molar-refractivity contribution in [2.75, 3.05) is 31.6 Å². The number of nitrogens with zero attached hydrogens (tertiary/aromatic N) is 3. The molecule has 1 aliphatic rings. The largest absolute Gasteiger partial charge is 0.373 e. The first kappa shape index (κ1) is 14.2. The van der Waals surface area contributed by atoms with E-state index in [1.807, 2.05) is 12.4 Å². The molecule has 0 atom stereocenters. The fraction of sp³-hybridized carbons (Fsp3) is 0.714. The second kappa shape index (κ2) is 6.30. The van der Waals surface area contributed by atoms with Gasteiger partial charge in [-0.15, -0.1) is 0 Å². The lowest BCUT2D eigenvalue weighted by Crippen LogP contribution is -2.47. The molecular weight excluding hydrogens is 240 g/mol. The molecule has 5 heteroatoms. The summed E-state index contributed by atoms with van der Waals surface area (Å²) in [4.78, 5) is 11.2. The Kier molecular flexibility index (Phi) is 4.71. The first-order valence-electron chi connectivity index (χ1n) is 7.00. The van der Waals surface area contributed by atoms with Crippen molar-refractivity contribution >= 4 is 5.82 Å². The Morgan fingerprint density at radius 2 is 2.21 bits per heavy atom. The van der Waals surface area contributed by atoms with Crippen LogP contribution in [0.4, 0.5) is 5.82 Å². The van der Waals surface area contributed by atoms with Crippen molar-refractivity contribution in [3.05, 3.63) is 18.1 Å². The third-order valence-electron chi connectivity index (χ3n) is 3.15. The van der Waals surface area contributed by atoms with Gasteiger partial charge in [0.25, 0.3) is 0 Å². The zero-order valence-electron chi connectivity index (χ0n) is 12.1. The molecule has 2 heterocycles. The highest BCUT2D eigenvalue weighted by atomic mass is 16.5. The summed E-state index contributed by atoms with van der Waals surface area (Å²) in [5.74, 6) is 0.855. The number of nitrogens with one attached hydrogen (secondary N) is 1. The summed E-state index contributed by atoms with van der Waals surface area (Å²) in [5, 5.41) is 3.23. The van der Waals surface area contributed by atoms with Gasteiger partial charge in [0.05, 0.1) is 30.3 Å². The van der Waals surface area contributed by atoms with E-state index in [1.54, 1.807) is 0 Å². The van der Waals surface area contributed by atoms with Crippen molar-refractivity contribution in [2.24, 2.45) is 0 Å². The molecule has 19 heavy (non-hydrogen) atoms. The minimum atomic E-state index is -0.0612. The van der Waals surface area contributed by atoms with E-state index in [1.165, 1.54) is 0 Å². The molecule has 1 aromatic rings. The monoisotopic (exact) mass is 264 g/mol. The standard InChI is InChI=1S/C14H24N4O/c1-4-5-15-13-9-16-12(8-17-13)10-18-6-7-19-14(2,3)11-18/h8-9H,4-7,10-11H2,1-3H3,(H,15,17). The van der Waals surface area contributed by atoms with E-state index in [0.717, 1.165) is 50.7 Å². The van der Waals surface area contributed by atoms with Gasteiger partial charge in [0.15, 0.2) is 0 Å². The van der Waals surface area contributed by atoms with E-state index in [0.29, 0.717) is 0 Å². The van der Waals surface area contributed by atoms with E-state index in [9.17, 15) is 0 Å². The van der Waals surface area contributed by atoms with Crippen LogP contribution in [0.5, 0.6) is 0 Å². The minimum absolute atomic E-state index is 0.0612. The number of rotatable bonds is 5. The predicted molar refractivity (Wildman–Crippen MR) is 76.1 cm³/mol. The highest BCUT2D eigenvalue weighted by Gasteiger charge is 2.27. The second-order valence-electron chi connectivity index (χ2n) is 5.64. The Bertz CT molecular complexity index is 391. The highest BCUT2D eigenvalue weighted by Crippen LogP contribution is 2.17. The zero-order chi connectivity index (χ0) is 13.7. The summed E-state index contributed by atoms with van der Waals surface area (Å²) in [6, 6.07) is 0. The van der Waals surface area contributed by atoms with Crippen molar-refractivity contribution in [1.82, 2.24) is 14.9 Å². The molecule has 1 aliphatic heterocycles. The Hall–Kier alpha value is -1.20. The molecule has 1 aromatic heterocycles. The third kappa shape index (κ3) is 4.44. The molecule has 0 bridgehead atoms. The predicted octanol–water partition coefficient (Wildman–Crippen LogP) is 1.91. The quantitative estimate of drug-likeness (QED) is 0.880. The van der Waals surface area contributed by atoms with Crippen LogP contribution in [0.15, 0.2) is 12.4 Å². The maximum Gasteiger partial charge on any atom is 0.144 e. The topological polar surface area (TPSA) is 50.3 Å². The molecule has 0 aliphatic carbocycles. The zero-order valence-corrected chi connectivity index (χ0v) is 12.1. The Morgan fingerprint density at radius 1 is 1.37 bits per heavy atom. The Labute approximate surface area is 115 Å². The van der Waals surface area contributed by atoms with Crippen LogP contribution in [0.2, 0.25) is 0 Å². The van der Waals surface area contributed by atoms with Gasteiger partial charge in [0.2, 0.25) is 0 Å². The average Bonchev–Trinajstić information content (AvgIpc) is 2.37. The SMILES string of the molecule is CCCNc1cnc(CN2CCOC(C)(C)C2)cn1. The van der Waals surface area contributed by atoms with Gasteiger partial charge in [-0.3, -0.25) is 9.88 Å².